The van der Waals surface area contributed by atoms with Crippen LogP contribution in [0.4, 0.5) is 0 Å². The van der Waals surface area contributed by atoms with E-state index in [-0.39, 0.29) is 0 Å². The van der Waals surface area contributed by atoms with Crippen LogP contribution >= 0.6 is 0 Å². The first-order chi connectivity index (χ1) is 24.8. The van der Waals surface area contributed by atoms with Gasteiger partial charge in [-0.25, -0.2) is 0 Å². The highest BCUT2D eigenvalue weighted by molar-refractivity contribution is 6.25. The molecule has 0 bridgehead atoms. The van der Waals surface area contributed by atoms with Gasteiger partial charge < -0.3 is 8.80 Å². The maximum atomic E-state index is 2.45. The molecule has 0 N–H and O–H groups in total. The van der Waals surface area contributed by atoms with Crippen LogP contribution in [0.3, 0.4) is 0 Å². The zero-order valence-electron chi connectivity index (χ0n) is 27.1. The van der Waals surface area contributed by atoms with E-state index in [9.17, 15) is 0 Å². The number of para-hydroxylation sites is 4. The van der Waals surface area contributed by atoms with E-state index in [0.717, 1.165) is 0 Å². The zero-order valence-corrected chi connectivity index (χ0v) is 27.1. The molecule has 0 atom stereocenters. The lowest BCUT2D eigenvalue weighted by Gasteiger charge is -2.10. The fourth-order valence-electron chi connectivity index (χ4n) is 8.99. The van der Waals surface area contributed by atoms with Crippen LogP contribution in [0.15, 0.2) is 170 Å². The van der Waals surface area contributed by atoms with Crippen LogP contribution in [0, 0.1) is 0 Å². The molecule has 0 aliphatic rings. The molecule has 0 amide bonds. The summed E-state index contributed by atoms with van der Waals surface area (Å²) in [5.74, 6) is 0. The molecule has 0 aliphatic heterocycles. The van der Waals surface area contributed by atoms with Crippen molar-refractivity contribution in [2.75, 3.05) is 0 Å². The average Bonchev–Trinajstić information content (AvgIpc) is 3.91. The Bertz CT molecular complexity index is 2930. The van der Waals surface area contributed by atoms with Gasteiger partial charge in [0.2, 0.25) is 0 Å². The molecule has 12 rings (SSSR count). The van der Waals surface area contributed by atoms with Gasteiger partial charge in [-0.05, 0) is 94.0 Å². The van der Waals surface area contributed by atoms with Crippen LogP contribution < -0.4 is 0 Å². The lowest BCUT2D eigenvalue weighted by Crippen LogP contribution is -1.84. The lowest BCUT2D eigenvalue weighted by molar-refractivity contribution is 1.37. The van der Waals surface area contributed by atoms with Crippen molar-refractivity contribution in [1.29, 1.82) is 0 Å². The summed E-state index contributed by atoms with van der Waals surface area (Å²) in [5, 5.41) is 10.4. The number of hydrogen-bond acceptors (Lipinski definition) is 0. The number of benzene rings is 8. The van der Waals surface area contributed by atoms with Crippen LogP contribution in [-0.4, -0.2) is 8.80 Å². The van der Waals surface area contributed by atoms with E-state index >= 15 is 0 Å². The van der Waals surface area contributed by atoms with E-state index in [1.54, 1.807) is 0 Å². The number of aromatic nitrogens is 2. The van der Waals surface area contributed by atoms with Crippen LogP contribution in [0.5, 0.6) is 0 Å². The summed E-state index contributed by atoms with van der Waals surface area (Å²) in [6.07, 6.45) is 0. The van der Waals surface area contributed by atoms with Gasteiger partial charge in [0.25, 0.3) is 0 Å². The smallest absolute Gasteiger partial charge is 0.0620 e. The molecule has 8 aromatic carbocycles. The van der Waals surface area contributed by atoms with E-state index in [1.807, 2.05) is 0 Å². The van der Waals surface area contributed by atoms with Gasteiger partial charge in [0.15, 0.2) is 0 Å². The van der Waals surface area contributed by atoms with E-state index in [0.29, 0.717) is 0 Å². The standard InChI is InChI=1S/C48H28N2/c1-5-19-43-35(15-1)39-25-33(26-40-36-16-2-6-20-44(36)49(43)47(39)40)31-13-9-11-29(23-31)30-12-10-14-32(24-30)34-27-41-37-17-3-7-21-45(37)50-46-22-8-4-18-38(46)42(28-34)48(41)50/h1-28H. The van der Waals surface area contributed by atoms with Gasteiger partial charge in [-0.3, -0.25) is 0 Å². The minimum atomic E-state index is 1.22. The maximum absolute atomic E-state index is 2.45. The number of hydrogen-bond donors (Lipinski definition) is 0. The first-order valence-corrected chi connectivity index (χ1v) is 17.4. The fraction of sp³-hybridized carbons (Fsp3) is 0. The second-order valence-corrected chi connectivity index (χ2v) is 13.7. The van der Waals surface area contributed by atoms with E-state index < -0.39 is 0 Å². The number of rotatable bonds is 3. The predicted octanol–water partition coefficient (Wildman–Crippen LogP) is 13.0. The largest absolute Gasteiger partial charge is 0.308 e. The van der Waals surface area contributed by atoms with Crippen molar-refractivity contribution in [3.8, 4) is 33.4 Å². The first-order valence-electron chi connectivity index (χ1n) is 17.4. The second kappa shape index (κ2) is 9.49. The van der Waals surface area contributed by atoms with Crippen LogP contribution in [0.25, 0.3) is 110 Å². The van der Waals surface area contributed by atoms with E-state index in [1.165, 1.54) is 110 Å². The Kier molecular flexibility index (Phi) is 5.00. The lowest BCUT2D eigenvalue weighted by atomic mass is 9.94. The summed E-state index contributed by atoms with van der Waals surface area (Å²) < 4.78 is 4.89. The van der Waals surface area contributed by atoms with Crippen molar-refractivity contribution >= 4 is 76.2 Å². The van der Waals surface area contributed by atoms with Crippen LogP contribution in [-0.2, 0) is 0 Å². The van der Waals surface area contributed by atoms with Gasteiger partial charge >= 0.3 is 0 Å². The van der Waals surface area contributed by atoms with Crippen LogP contribution in [0.2, 0.25) is 0 Å². The van der Waals surface area contributed by atoms with Gasteiger partial charge in [-0.2, -0.15) is 0 Å². The second-order valence-electron chi connectivity index (χ2n) is 13.7. The zero-order chi connectivity index (χ0) is 32.5. The minimum Gasteiger partial charge on any atom is -0.308 e. The Morgan fingerprint density at radius 1 is 0.220 bits per heavy atom. The molecule has 0 spiro atoms. The number of fused-ring (bicyclic) bond motifs is 12. The topological polar surface area (TPSA) is 8.82 Å². The Labute approximate surface area is 287 Å². The monoisotopic (exact) mass is 632 g/mol. The van der Waals surface area contributed by atoms with E-state index in [2.05, 4.69) is 179 Å². The third kappa shape index (κ3) is 3.37. The van der Waals surface area contributed by atoms with Gasteiger partial charge in [0.1, 0.15) is 0 Å². The Hall–Kier alpha value is -6.64. The molecule has 0 radical (unpaired) electrons. The van der Waals surface area contributed by atoms with Crippen molar-refractivity contribution in [3.63, 3.8) is 0 Å². The van der Waals surface area contributed by atoms with Crippen molar-refractivity contribution in [2.45, 2.75) is 0 Å². The third-order valence-electron chi connectivity index (χ3n) is 11.1. The summed E-state index contributed by atoms with van der Waals surface area (Å²) in [7, 11) is 0. The SMILES string of the molecule is c1cc(-c2cccc(-c3cc4c5ccccc5n5c6ccccc6c(c3)c45)c2)cc(-c2cc3c4ccccc4n4c5ccccc5c(c2)c34)c1. The molecule has 2 heteroatoms. The van der Waals surface area contributed by atoms with E-state index in [4.69, 9.17) is 0 Å². The summed E-state index contributed by atoms with van der Waals surface area (Å²) in [4.78, 5) is 0. The Morgan fingerprint density at radius 3 is 0.820 bits per heavy atom. The fourth-order valence-corrected chi connectivity index (χ4v) is 8.99. The molecule has 12 aromatic rings. The molecule has 50 heavy (non-hydrogen) atoms. The quantitative estimate of drug-likeness (QED) is 0.183. The van der Waals surface area contributed by atoms with Crippen molar-refractivity contribution in [2.24, 2.45) is 0 Å². The van der Waals surface area contributed by atoms with Gasteiger partial charge in [0.05, 0.1) is 33.1 Å². The summed E-state index contributed by atoms with van der Waals surface area (Å²) in [6.45, 7) is 0. The maximum Gasteiger partial charge on any atom is 0.0620 e. The van der Waals surface area contributed by atoms with Gasteiger partial charge in [-0.15, -0.1) is 0 Å². The molecule has 2 nitrogen and oxygen atoms in total. The molecule has 4 aromatic heterocycles. The first kappa shape index (κ1) is 26.3. The molecule has 0 aliphatic carbocycles. The third-order valence-corrected chi connectivity index (χ3v) is 11.1. The minimum absolute atomic E-state index is 1.22. The summed E-state index contributed by atoms with van der Waals surface area (Å²) >= 11 is 0. The predicted molar refractivity (Wildman–Crippen MR) is 212 cm³/mol. The molecule has 0 fully saturated rings. The molecule has 0 saturated heterocycles. The van der Waals surface area contributed by atoms with Gasteiger partial charge in [-0.1, -0.05) is 109 Å². The molecular formula is C48H28N2. The molecule has 0 unspecified atom stereocenters. The van der Waals surface area contributed by atoms with Crippen molar-refractivity contribution in [3.05, 3.63) is 170 Å². The van der Waals surface area contributed by atoms with Crippen LogP contribution in [0.1, 0.15) is 0 Å². The number of nitrogens with zero attached hydrogens (tertiary/aromatic N) is 2. The highest BCUT2D eigenvalue weighted by Crippen LogP contribution is 2.44. The molecule has 230 valence electrons. The normalized spacial score (nSPS) is 12.4. The average molecular weight is 633 g/mol. The summed E-state index contributed by atoms with van der Waals surface area (Å²) in [6, 6.07) is 62.9. The molecule has 4 heterocycles. The Morgan fingerprint density at radius 2 is 0.500 bits per heavy atom. The van der Waals surface area contributed by atoms with Crippen molar-refractivity contribution in [1.82, 2.24) is 8.80 Å². The Balaban J connectivity index is 1.03. The highest BCUT2D eigenvalue weighted by Gasteiger charge is 2.20. The van der Waals surface area contributed by atoms with Crippen molar-refractivity contribution < 1.29 is 0 Å². The summed E-state index contributed by atoms with van der Waals surface area (Å²) in [5.41, 5.74) is 15.1. The highest BCUT2D eigenvalue weighted by atomic mass is 14.9. The molecular weight excluding hydrogens is 605 g/mol. The van der Waals surface area contributed by atoms with Gasteiger partial charge in [0, 0.05) is 43.1 Å². The molecule has 0 saturated carbocycles.